The van der Waals surface area contributed by atoms with E-state index in [-0.39, 0.29) is 34.8 Å². The van der Waals surface area contributed by atoms with Crippen LogP contribution in [0, 0.1) is 0 Å². The fraction of sp³-hybridized carbons (Fsp3) is 0.0286. The Morgan fingerprint density at radius 1 is 0.652 bits per heavy atom. The van der Waals surface area contributed by atoms with Gasteiger partial charge in [0.1, 0.15) is 23.9 Å². The third-order valence-corrected chi connectivity index (χ3v) is 7.12. The number of hydrogen-bond acceptors (Lipinski definition) is 7. The molecule has 0 aliphatic heterocycles. The number of carbonyl (C=O) groups is 3. The summed E-state index contributed by atoms with van der Waals surface area (Å²) in [6.07, 6.45) is 1.30. The Labute approximate surface area is 279 Å². The van der Waals surface area contributed by atoms with Crippen LogP contribution in [-0.2, 0) is 6.61 Å². The first kappa shape index (κ1) is 32.2. The molecule has 0 radical (unpaired) electrons. The second-order valence-corrected chi connectivity index (χ2v) is 10.9. The predicted molar refractivity (Wildman–Crippen MR) is 177 cm³/mol. The molecular formula is C35H23Cl3N2O6. The summed E-state index contributed by atoms with van der Waals surface area (Å²) in [7, 11) is 0. The third-order valence-electron chi connectivity index (χ3n) is 6.37. The van der Waals surface area contributed by atoms with E-state index in [0.717, 1.165) is 5.56 Å². The number of ether oxygens (including phenoxy) is 3. The van der Waals surface area contributed by atoms with Crippen molar-refractivity contribution in [3.8, 4) is 17.2 Å². The standard InChI is InChI=1S/C35H23Cl3N2O6/c36-26-12-5-22(6-13-26)21-44-31-4-2-1-3-30(31)33(41)40-39-20-25-11-18-29(45-34(42)23-7-14-27(37)15-8-23)19-32(25)46-35(43)24-9-16-28(38)17-10-24/h1-20H,21H2,(H,40,41)/b39-20-. The second kappa shape index (κ2) is 15.2. The van der Waals surface area contributed by atoms with E-state index in [9.17, 15) is 14.4 Å². The highest BCUT2D eigenvalue weighted by Crippen LogP contribution is 2.26. The minimum Gasteiger partial charge on any atom is -0.488 e. The Balaban J connectivity index is 1.33. The predicted octanol–water partition coefficient (Wildman–Crippen LogP) is 8.43. The van der Waals surface area contributed by atoms with Crippen molar-refractivity contribution in [2.24, 2.45) is 5.10 Å². The van der Waals surface area contributed by atoms with Gasteiger partial charge in [-0.3, -0.25) is 4.79 Å². The zero-order valence-corrected chi connectivity index (χ0v) is 26.1. The van der Waals surface area contributed by atoms with Crippen molar-refractivity contribution in [1.82, 2.24) is 5.43 Å². The molecule has 5 aromatic rings. The Morgan fingerprint density at radius 3 is 1.85 bits per heavy atom. The zero-order chi connectivity index (χ0) is 32.5. The molecule has 5 rings (SSSR count). The summed E-state index contributed by atoms with van der Waals surface area (Å²) >= 11 is 17.8. The van der Waals surface area contributed by atoms with Crippen LogP contribution in [0.1, 0.15) is 42.2 Å². The Bertz CT molecular complexity index is 1890. The van der Waals surface area contributed by atoms with Crippen molar-refractivity contribution in [3.63, 3.8) is 0 Å². The molecule has 1 N–H and O–H groups in total. The van der Waals surface area contributed by atoms with Gasteiger partial charge < -0.3 is 14.2 Å². The molecule has 230 valence electrons. The Hall–Kier alpha value is -5.15. The maximum Gasteiger partial charge on any atom is 0.343 e. The number of hydrogen-bond donors (Lipinski definition) is 1. The lowest BCUT2D eigenvalue weighted by Gasteiger charge is -2.11. The normalized spacial score (nSPS) is 10.8. The summed E-state index contributed by atoms with van der Waals surface area (Å²) in [5, 5.41) is 5.59. The molecule has 0 unspecified atom stereocenters. The van der Waals surface area contributed by atoms with Gasteiger partial charge in [-0.25, -0.2) is 15.0 Å². The van der Waals surface area contributed by atoms with Gasteiger partial charge in [0, 0.05) is 26.7 Å². The molecule has 1 amide bonds. The molecule has 0 spiro atoms. The molecule has 0 saturated carbocycles. The summed E-state index contributed by atoms with van der Waals surface area (Å²) in [6, 6.07) is 30.6. The molecule has 0 heterocycles. The maximum atomic E-state index is 13.0. The van der Waals surface area contributed by atoms with Crippen molar-refractivity contribution >= 4 is 58.9 Å². The number of rotatable bonds is 10. The molecule has 8 nitrogen and oxygen atoms in total. The lowest BCUT2D eigenvalue weighted by Crippen LogP contribution is -2.19. The molecule has 0 bridgehead atoms. The number of carbonyl (C=O) groups excluding carboxylic acids is 3. The largest absolute Gasteiger partial charge is 0.488 e. The smallest absolute Gasteiger partial charge is 0.343 e. The van der Waals surface area contributed by atoms with Crippen LogP contribution in [0.3, 0.4) is 0 Å². The average Bonchev–Trinajstić information content (AvgIpc) is 3.06. The molecule has 0 aliphatic carbocycles. The first-order valence-corrected chi connectivity index (χ1v) is 14.8. The van der Waals surface area contributed by atoms with Gasteiger partial charge in [-0.2, -0.15) is 5.10 Å². The molecule has 0 aromatic heterocycles. The molecule has 5 aromatic carbocycles. The summed E-state index contributed by atoms with van der Waals surface area (Å²) in [5.74, 6) is -1.39. The van der Waals surface area contributed by atoms with E-state index in [1.54, 1.807) is 60.7 Å². The van der Waals surface area contributed by atoms with E-state index >= 15 is 0 Å². The quantitative estimate of drug-likeness (QED) is 0.0691. The fourth-order valence-corrected chi connectivity index (χ4v) is 4.39. The van der Waals surface area contributed by atoms with Crippen molar-refractivity contribution in [2.45, 2.75) is 6.61 Å². The minimum absolute atomic E-state index is 0.0195. The van der Waals surface area contributed by atoms with Crippen molar-refractivity contribution in [2.75, 3.05) is 0 Å². The monoisotopic (exact) mass is 672 g/mol. The summed E-state index contributed by atoms with van der Waals surface area (Å²) in [4.78, 5) is 38.6. The van der Waals surface area contributed by atoms with E-state index in [1.807, 2.05) is 12.1 Å². The topological polar surface area (TPSA) is 103 Å². The highest BCUT2D eigenvalue weighted by atomic mass is 35.5. The Kier molecular flexibility index (Phi) is 10.7. The van der Waals surface area contributed by atoms with Crippen LogP contribution in [0.2, 0.25) is 15.1 Å². The van der Waals surface area contributed by atoms with Gasteiger partial charge in [-0.1, -0.05) is 59.1 Å². The first-order chi connectivity index (χ1) is 22.2. The molecule has 46 heavy (non-hydrogen) atoms. The number of nitrogens with one attached hydrogen (secondary N) is 1. The summed E-state index contributed by atoms with van der Waals surface area (Å²) < 4.78 is 17.0. The third kappa shape index (κ3) is 8.73. The van der Waals surface area contributed by atoms with E-state index < -0.39 is 17.8 Å². The maximum absolute atomic E-state index is 13.0. The average molecular weight is 674 g/mol. The van der Waals surface area contributed by atoms with Gasteiger partial charge in [0.2, 0.25) is 0 Å². The van der Waals surface area contributed by atoms with Crippen LogP contribution in [0.4, 0.5) is 0 Å². The van der Waals surface area contributed by atoms with Crippen molar-refractivity contribution < 1.29 is 28.6 Å². The highest BCUT2D eigenvalue weighted by Gasteiger charge is 2.16. The molecule has 0 atom stereocenters. The highest BCUT2D eigenvalue weighted by molar-refractivity contribution is 6.31. The molecule has 0 fully saturated rings. The van der Waals surface area contributed by atoms with Gasteiger partial charge in [0.15, 0.2) is 0 Å². The van der Waals surface area contributed by atoms with Crippen LogP contribution in [0.15, 0.2) is 120 Å². The van der Waals surface area contributed by atoms with Gasteiger partial charge in [0.05, 0.1) is 22.9 Å². The number of benzene rings is 5. The fourth-order valence-electron chi connectivity index (χ4n) is 4.01. The van der Waals surface area contributed by atoms with Crippen molar-refractivity contribution in [3.05, 3.63) is 158 Å². The lowest BCUT2D eigenvalue weighted by molar-refractivity contribution is 0.0731. The van der Waals surface area contributed by atoms with Gasteiger partial charge in [-0.05, 0) is 90.5 Å². The van der Waals surface area contributed by atoms with E-state index in [0.29, 0.717) is 26.4 Å². The summed E-state index contributed by atoms with van der Waals surface area (Å²) in [5.41, 5.74) is 4.41. The lowest BCUT2D eigenvalue weighted by atomic mass is 10.2. The van der Waals surface area contributed by atoms with Crippen LogP contribution in [0.5, 0.6) is 17.2 Å². The van der Waals surface area contributed by atoms with E-state index in [4.69, 9.17) is 49.0 Å². The Morgan fingerprint density at radius 2 is 1.22 bits per heavy atom. The van der Waals surface area contributed by atoms with E-state index in [2.05, 4.69) is 10.5 Å². The first-order valence-electron chi connectivity index (χ1n) is 13.6. The number of para-hydroxylation sites is 1. The minimum atomic E-state index is -0.691. The van der Waals surface area contributed by atoms with E-state index in [1.165, 1.54) is 48.7 Å². The summed E-state index contributed by atoms with van der Waals surface area (Å²) in [6.45, 7) is 0.224. The second-order valence-electron chi connectivity index (χ2n) is 9.60. The van der Waals surface area contributed by atoms with Crippen LogP contribution < -0.4 is 19.6 Å². The zero-order valence-electron chi connectivity index (χ0n) is 23.8. The molecule has 0 saturated heterocycles. The van der Waals surface area contributed by atoms with Crippen LogP contribution in [-0.4, -0.2) is 24.1 Å². The molecule has 0 aliphatic rings. The number of hydrazone groups is 1. The van der Waals surface area contributed by atoms with Gasteiger partial charge in [0.25, 0.3) is 5.91 Å². The number of halogens is 3. The van der Waals surface area contributed by atoms with Crippen LogP contribution in [0.25, 0.3) is 0 Å². The number of amides is 1. The van der Waals surface area contributed by atoms with Crippen LogP contribution >= 0.6 is 34.8 Å². The molecule has 11 heteroatoms. The van der Waals surface area contributed by atoms with Crippen molar-refractivity contribution in [1.29, 1.82) is 0 Å². The van der Waals surface area contributed by atoms with Gasteiger partial charge in [-0.15, -0.1) is 0 Å². The number of nitrogens with zero attached hydrogens (tertiary/aromatic N) is 1. The number of esters is 2. The molecular weight excluding hydrogens is 651 g/mol. The SMILES string of the molecule is O=C(Oc1ccc(/C=N\NC(=O)c2ccccc2OCc2ccc(Cl)cc2)c(OC(=O)c2ccc(Cl)cc2)c1)c1ccc(Cl)cc1. The van der Waals surface area contributed by atoms with Gasteiger partial charge >= 0.3 is 11.9 Å².